The summed E-state index contributed by atoms with van der Waals surface area (Å²) in [5.74, 6) is -0.351. The molecule has 138 valence electrons. The number of hydrogen-bond donors (Lipinski definition) is 0. The number of benzene rings is 1. The Morgan fingerprint density at radius 1 is 1.37 bits per heavy atom. The molecule has 3 rings (SSSR count). The molecular formula is C18H17N5O2S2. The molecule has 0 atom stereocenters. The average molecular weight is 400 g/mol. The Morgan fingerprint density at radius 3 is 2.81 bits per heavy atom. The van der Waals surface area contributed by atoms with Gasteiger partial charge in [0.2, 0.25) is 0 Å². The van der Waals surface area contributed by atoms with E-state index in [9.17, 15) is 10.1 Å². The lowest BCUT2D eigenvalue weighted by Crippen LogP contribution is -2.08. The van der Waals surface area contributed by atoms with E-state index in [1.807, 2.05) is 37.2 Å². The second-order valence-electron chi connectivity index (χ2n) is 5.83. The predicted octanol–water partition coefficient (Wildman–Crippen LogP) is 5.20. The van der Waals surface area contributed by atoms with Crippen molar-refractivity contribution < 1.29 is 9.53 Å². The van der Waals surface area contributed by atoms with Crippen molar-refractivity contribution in [2.24, 2.45) is 10.2 Å². The highest BCUT2D eigenvalue weighted by atomic mass is 32.1. The van der Waals surface area contributed by atoms with Gasteiger partial charge < -0.3 is 9.64 Å². The van der Waals surface area contributed by atoms with Crippen LogP contribution in [0.15, 0.2) is 28.4 Å². The number of aryl methyl sites for hydroxylation is 1. The molecule has 7 nitrogen and oxygen atoms in total. The van der Waals surface area contributed by atoms with Crippen LogP contribution in [-0.2, 0) is 4.74 Å². The SMILES string of the molecule is CCOC(=O)c1cc2c(N(C)C)ccc(/N=N/c3snc(C)c3C#N)c2s1. The normalized spacial score (nSPS) is 11.1. The fraction of sp³-hybridized carbons (Fsp3) is 0.278. The number of nitrogens with zero attached hydrogens (tertiary/aromatic N) is 5. The van der Waals surface area contributed by atoms with Crippen molar-refractivity contribution in [1.82, 2.24) is 4.37 Å². The van der Waals surface area contributed by atoms with Gasteiger partial charge in [0, 0.05) is 25.2 Å². The van der Waals surface area contributed by atoms with Crippen LogP contribution in [-0.4, -0.2) is 31.0 Å². The molecule has 1 aromatic carbocycles. The molecule has 0 aliphatic heterocycles. The van der Waals surface area contributed by atoms with Crippen molar-refractivity contribution in [2.45, 2.75) is 13.8 Å². The van der Waals surface area contributed by atoms with E-state index in [2.05, 4.69) is 20.7 Å². The molecule has 3 aromatic rings. The predicted molar refractivity (Wildman–Crippen MR) is 108 cm³/mol. The highest BCUT2D eigenvalue weighted by Gasteiger charge is 2.17. The maximum absolute atomic E-state index is 12.2. The summed E-state index contributed by atoms with van der Waals surface area (Å²) in [6.07, 6.45) is 0. The first-order valence-electron chi connectivity index (χ1n) is 8.15. The van der Waals surface area contributed by atoms with Crippen molar-refractivity contribution in [1.29, 1.82) is 5.26 Å². The number of carbonyl (C=O) groups is 1. The van der Waals surface area contributed by atoms with E-state index in [-0.39, 0.29) is 5.97 Å². The zero-order valence-corrected chi connectivity index (χ0v) is 16.9. The van der Waals surface area contributed by atoms with Crippen LogP contribution < -0.4 is 4.90 Å². The summed E-state index contributed by atoms with van der Waals surface area (Å²) in [5.41, 5.74) is 2.68. The van der Waals surface area contributed by atoms with E-state index in [1.165, 1.54) is 11.3 Å². The van der Waals surface area contributed by atoms with Gasteiger partial charge in [-0.3, -0.25) is 0 Å². The van der Waals surface area contributed by atoms with E-state index in [1.54, 1.807) is 13.8 Å². The molecule has 27 heavy (non-hydrogen) atoms. The van der Waals surface area contributed by atoms with Crippen molar-refractivity contribution in [3.8, 4) is 6.07 Å². The van der Waals surface area contributed by atoms with Crippen molar-refractivity contribution >= 4 is 55.3 Å². The molecule has 9 heteroatoms. The Balaban J connectivity index is 2.10. The molecule has 0 saturated carbocycles. The monoisotopic (exact) mass is 399 g/mol. The molecule has 0 spiro atoms. The summed E-state index contributed by atoms with van der Waals surface area (Å²) in [4.78, 5) is 14.6. The summed E-state index contributed by atoms with van der Waals surface area (Å²) in [7, 11) is 3.88. The van der Waals surface area contributed by atoms with E-state index < -0.39 is 0 Å². The number of carbonyl (C=O) groups excluding carboxylic acids is 1. The average Bonchev–Trinajstić information content (AvgIpc) is 3.23. The van der Waals surface area contributed by atoms with Gasteiger partial charge in [-0.15, -0.1) is 21.6 Å². The Hall–Kier alpha value is -2.83. The summed E-state index contributed by atoms with van der Waals surface area (Å²) in [6, 6.07) is 7.71. The highest BCUT2D eigenvalue weighted by Crippen LogP contribution is 2.40. The van der Waals surface area contributed by atoms with Crippen LogP contribution in [0, 0.1) is 18.3 Å². The number of nitriles is 1. The van der Waals surface area contributed by atoms with Gasteiger partial charge in [0.05, 0.1) is 17.0 Å². The number of ether oxygens (including phenoxy) is 1. The molecule has 0 unspecified atom stereocenters. The molecule has 0 bridgehead atoms. The van der Waals surface area contributed by atoms with Gasteiger partial charge in [0.15, 0.2) is 5.00 Å². The largest absolute Gasteiger partial charge is 0.462 e. The Labute approximate surface area is 164 Å². The minimum atomic E-state index is -0.351. The lowest BCUT2D eigenvalue weighted by molar-refractivity contribution is 0.0532. The number of thiophene rings is 1. The first kappa shape index (κ1) is 18.9. The van der Waals surface area contributed by atoms with Gasteiger partial charge >= 0.3 is 5.97 Å². The van der Waals surface area contributed by atoms with E-state index in [4.69, 9.17) is 4.74 Å². The minimum Gasteiger partial charge on any atom is -0.462 e. The maximum Gasteiger partial charge on any atom is 0.348 e. The summed E-state index contributed by atoms with van der Waals surface area (Å²) in [5, 5.41) is 19.2. The quantitative estimate of drug-likeness (QED) is 0.434. The highest BCUT2D eigenvalue weighted by molar-refractivity contribution is 7.21. The summed E-state index contributed by atoms with van der Waals surface area (Å²) in [6.45, 7) is 3.87. The van der Waals surface area contributed by atoms with E-state index >= 15 is 0 Å². The minimum absolute atomic E-state index is 0.321. The fourth-order valence-electron chi connectivity index (χ4n) is 2.52. The fourth-order valence-corrected chi connectivity index (χ4v) is 4.22. The first-order valence-corrected chi connectivity index (χ1v) is 9.74. The van der Waals surface area contributed by atoms with Gasteiger partial charge in [0.25, 0.3) is 0 Å². The molecule has 0 aliphatic rings. The lowest BCUT2D eigenvalue weighted by atomic mass is 10.2. The van der Waals surface area contributed by atoms with Crippen LogP contribution in [0.25, 0.3) is 10.1 Å². The van der Waals surface area contributed by atoms with Gasteiger partial charge in [-0.2, -0.15) is 9.64 Å². The molecule has 0 fully saturated rings. The summed E-state index contributed by atoms with van der Waals surface area (Å²) >= 11 is 2.46. The van der Waals surface area contributed by atoms with Gasteiger partial charge in [-0.1, -0.05) is 0 Å². The Morgan fingerprint density at radius 2 is 2.15 bits per heavy atom. The number of hydrogen-bond acceptors (Lipinski definition) is 9. The number of rotatable bonds is 5. The number of esters is 1. The first-order chi connectivity index (χ1) is 13.0. The van der Waals surface area contributed by atoms with Gasteiger partial charge in [-0.25, -0.2) is 4.79 Å². The third kappa shape index (κ3) is 3.67. The van der Waals surface area contributed by atoms with Crippen LogP contribution >= 0.6 is 22.9 Å². The molecule has 0 N–H and O–H groups in total. The third-order valence-corrected chi connectivity index (χ3v) is 5.76. The third-order valence-electron chi connectivity index (χ3n) is 3.80. The zero-order valence-electron chi connectivity index (χ0n) is 15.3. The van der Waals surface area contributed by atoms with Crippen molar-refractivity contribution in [3.05, 3.63) is 34.3 Å². The second kappa shape index (κ2) is 7.82. The Bertz CT molecular complexity index is 1080. The van der Waals surface area contributed by atoms with Crippen LogP contribution in [0.1, 0.15) is 27.9 Å². The molecule has 0 saturated heterocycles. The van der Waals surface area contributed by atoms with Crippen LogP contribution in [0.3, 0.4) is 0 Å². The lowest BCUT2D eigenvalue weighted by Gasteiger charge is -2.14. The second-order valence-corrected chi connectivity index (χ2v) is 7.64. The van der Waals surface area contributed by atoms with Crippen LogP contribution in [0.5, 0.6) is 0 Å². The number of aromatic nitrogens is 1. The number of anilines is 1. The molecule has 2 heterocycles. The van der Waals surface area contributed by atoms with Crippen LogP contribution in [0.2, 0.25) is 0 Å². The van der Waals surface area contributed by atoms with Crippen molar-refractivity contribution in [3.63, 3.8) is 0 Å². The van der Waals surface area contributed by atoms with Crippen molar-refractivity contribution in [2.75, 3.05) is 25.6 Å². The molecule has 0 radical (unpaired) electrons. The number of fused-ring (bicyclic) bond motifs is 1. The van der Waals surface area contributed by atoms with Gasteiger partial charge in [-0.05, 0) is 43.6 Å². The van der Waals surface area contributed by atoms with E-state index in [0.717, 1.165) is 27.3 Å². The topological polar surface area (TPSA) is 90.9 Å². The zero-order chi connectivity index (χ0) is 19.6. The molecular weight excluding hydrogens is 382 g/mol. The number of azo groups is 1. The molecule has 0 aliphatic carbocycles. The van der Waals surface area contributed by atoms with Gasteiger partial charge in [0.1, 0.15) is 22.2 Å². The van der Waals surface area contributed by atoms with E-state index in [0.29, 0.717) is 33.4 Å². The molecule has 2 aromatic heterocycles. The maximum atomic E-state index is 12.2. The Kier molecular flexibility index (Phi) is 5.48. The summed E-state index contributed by atoms with van der Waals surface area (Å²) < 4.78 is 10.1. The standard InChI is InChI=1S/C18H17N5O2S2/c1-5-25-18(24)15-8-11-14(23(3)4)7-6-13(16(11)26-15)20-21-17-12(9-19)10(2)22-27-17/h6-8H,5H2,1-4H3/b21-20+. The van der Waals surface area contributed by atoms with Crippen LogP contribution in [0.4, 0.5) is 16.4 Å². The smallest absolute Gasteiger partial charge is 0.348 e. The molecule has 0 amide bonds.